The van der Waals surface area contributed by atoms with Gasteiger partial charge in [0.15, 0.2) is 0 Å². The standard InChI is InChI=1S/C28H56O2/c1-21(2)11-9-13-23(5)15-17-29-27-19-26(8)28(20-25(27)7)30-18-16-24(6)14-10-12-22(3)4/h21-28H,9-20H2,1-8H3. The molecular weight excluding hydrogens is 368 g/mol. The fourth-order valence-electron chi connectivity index (χ4n) is 4.84. The molecule has 1 saturated carbocycles. The molecule has 180 valence electrons. The summed E-state index contributed by atoms with van der Waals surface area (Å²) < 4.78 is 12.7. The Kier molecular flexibility index (Phi) is 14.6. The SMILES string of the molecule is CC(C)CCCC(C)CCOC1CC(C)C(OCCC(C)CCCC(C)C)CC1C. The molecular formula is C28H56O2. The predicted molar refractivity (Wildman–Crippen MR) is 132 cm³/mol. The highest BCUT2D eigenvalue weighted by Gasteiger charge is 2.33. The van der Waals surface area contributed by atoms with Crippen molar-refractivity contribution < 1.29 is 9.47 Å². The van der Waals surface area contributed by atoms with Crippen molar-refractivity contribution in [3.63, 3.8) is 0 Å². The van der Waals surface area contributed by atoms with Gasteiger partial charge in [-0.1, -0.05) is 93.9 Å². The average molecular weight is 425 g/mol. The molecule has 1 aliphatic rings. The summed E-state index contributed by atoms with van der Waals surface area (Å²) in [6.45, 7) is 20.7. The monoisotopic (exact) mass is 424 g/mol. The van der Waals surface area contributed by atoms with Gasteiger partial charge in [-0.2, -0.15) is 0 Å². The molecule has 2 nitrogen and oxygen atoms in total. The van der Waals surface area contributed by atoms with Crippen molar-refractivity contribution >= 4 is 0 Å². The van der Waals surface area contributed by atoms with E-state index >= 15 is 0 Å². The number of hydrogen-bond acceptors (Lipinski definition) is 2. The molecule has 6 unspecified atom stereocenters. The molecule has 6 atom stereocenters. The van der Waals surface area contributed by atoms with Crippen LogP contribution in [0.1, 0.15) is 120 Å². The number of hydrogen-bond donors (Lipinski definition) is 0. The van der Waals surface area contributed by atoms with E-state index in [2.05, 4.69) is 55.4 Å². The van der Waals surface area contributed by atoms with Crippen molar-refractivity contribution in [1.29, 1.82) is 0 Å². The molecule has 1 aliphatic carbocycles. The van der Waals surface area contributed by atoms with Crippen LogP contribution in [0.5, 0.6) is 0 Å². The Labute approximate surface area is 190 Å². The summed E-state index contributed by atoms with van der Waals surface area (Å²) in [7, 11) is 0. The van der Waals surface area contributed by atoms with Crippen molar-refractivity contribution in [1.82, 2.24) is 0 Å². The molecule has 0 N–H and O–H groups in total. The highest BCUT2D eigenvalue weighted by atomic mass is 16.5. The Balaban J connectivity index is 2.19. The Morgan fingerprint density at radius 3 is 1.27 bits per heavy atom. The Morgan fingerprint density at radius 2 is 0.933 bits per heavy atom. The molecule has 0 amide bonds. The second kappa shape index (κ2) is 15.7. The largest absolute Gasteiger partial charge is 0.378 e. The first-order chi connectivity index (χ1) is 14.2. The molecule has 2 heteroatoms. The van der Waals surface area contributed by atoms with Crippen LogP contribution >= 0.6 is 0 Å². The van der Waals surface area contributed by atoms with Gasteiger partial charge in [-0.15, -0.1) is 0 Å². The van der Waals surface area contributed by atoms with Crippen LogP contribution in [-0.4, -0.2) is 25.4 Å². The minimum Gasteiger partial charge on any atom is -0.378 e. The number of rotatable bonds is 16. The third-order valence-corrected chi connectivity index (χ3v) is 7.32. The third-order valence-electron chi connectivity index (χ3n) is 7.32. The van der Waals surface area contributed by atoms with E-state index in [1.807, 2.05) is 0 Å². The molecule has 0 saturated heterocycles. The first-order valence-electron chi connectivity index (χ1n) is 13.4. The minimum absolute atomic E-state index is 0.428. The van der Waals surface area contributed by atoms with Gasteiger partial charge in [-0.3, -0.25) is 0 Å². The molecule has 1 fully saturated rings. The molecule has 0 spiro atoms. The molecule has 1 rings (SSSR count). The molecule has 0 aliphatic heterocycles. The Morgan fingerprint density at radius 1 is 0.567 bits per heavy atom. The first-order valence-corrected chi connectivity index (χ1v) is 13.4. The van der Waals surface area contributed by atoms with E-state index in [1.54, 1.807) is 0 Å². The predicted octanol–water partition coefficient (Wildman–Crippen LogP) is 8.53. The van der Waals surface area contributed by atoms with Crippen LogP contribution in [0.25, 0.3) is 0 Å². The van der Waals surface area contributed by atoms with Crippen molar-refractivity contribution in [2.45, 2.75) is 132 Å². The molecule has 0 radical (unpaired) electrons. The van der Waals surface area contributed by atoms with Gasteiger partial charge in [0, 0.05) is 13.2 Å². The molecule has 0 aromatic rings. The second-order valence-corrected chi connectivity index (χ2v) is 11.7. The van der Waals surface area contributed by atoms with E-state index in [0.717, 1.165) is 49.7 Å². The summed E-state index contributed by atoms with van der Waals surface area (Å²) in [5, 5.41) is 0. The fraction of sp³-hybridized carbons (Fsp3) is 1.00. The van der Waals surface area contributed by atoms with Crippen LogP contribution in [0.2, 0.25) is 0 Å². The summed E-state index contributed by atoms with van der Waals surface area (Å²) in [6, 6.07) is 0. The van der Waals surface area contributed by atoms with Crippen molar-refractivity contribution in [2.75, 3.05) is 13.2 Å². The topological polar surface area (TPSA) is 18.5 Å². The van der Waals surface area contributed by atoms with Gasteiger partial charge >= 0.3 is 0 Å². The summed E-state index contributed by atoms with van der Waals surface area (Å²) in [4.78, 5) is 0. The zero-order valence-corrected chi connectivity index (χ0v) is 21.9. The summed E-state index contributed by atoms with van der Waals surface area (Å²) in [6.07, 6.45) is 13.8. The van der Waals surface area contributed by atoms with Crippen LogP contribution in [0, 0.1) is 35.5 Å². The van der Waals surface area contributed by atoms with E-state index in [4.69, 9.17) is 9.47 Å². The molecule has 0 bridgehead atoms. The quantitative estimate of drug-likeness (QED) is 0.247. The van der Waals surface area contributed by atoms with Gasteiger partial charge in [0.05, 0.1) is 12.2 Å². The van der Waals surface area contributed by atoms with Crippen LogP contribution in [-0.2, 0) is 9.47 Å². The summed E-state index contributed by atoms with van der Waals surface area (Å²) >= 11 is 0. The van der Waals surface area contributed by atoms with Gasteiger partial charge in [0.2, 0.25) is 0 Å². The lowest BCUT2D eigenvalue weighted by Crippen LogP contribution is -2.39. The highest BCUT2D eigenvalue weighted by molar-refractivity contribution is 4.83. The normalized spacial score (nSPS) is 27.0. The fourth-order valence-corrected chi connectivity index (χ4v) is 4.84. The summed E-state index contributed by atoms with van der Waals surface area (Å²) in [5.74, 6) is 4.48. The Hall–Kier alpha value is -0.0800. The van der Waals surface area contributed by atoms with E-state index in [9.17, 15) is 0 Å². The van der Waals surface area contributed by atoms with Gasteiger partial charge in [-0.05, 0) is 61.2 Å². The molecule has 0 aromatic heterocycles. The zero-order valence-electron chi connectivity index (χ0n) is 21.9. The maximum atomic E-state index is 6.36. The van der Waals surface area contributed by atoms with Crippen LogP contribution in [0.4, 0.5) is 0 Å². The minimum atomic E-state index is 0.428. The van der Waals surface area contributed by atoms with E-state index in [1.165, 1.54) is 51.4 Å². The van der Waals surface area contributed by atoms with Crippen LogP contribution < -0.4 is 0 Å². The van der Waals surface area contributed by atoms with E-state index in [0.29, 0.717) is 24.0 Å². The van der Waals surface area contributed by atoms with Crippen molar-refractivity contribution in [3.05, 3.63) is 0 Å². The Bertz CT molecular complexity index is 367. The van der Waals surface area contributed by atoms with E-state index < -0.39 is 0 Å². The first kappa shape index (κ1) is 28.0. The lowest BCUT2D eigenvalue weighted by molar-refractivity contribution is -0.0885. The van der Waals surface area contributed by atoms with E-state index in [-0.39, 0.29) is 0 Å². The highest BCUT2D eigenvalue weighted by Crippen LogP contribution is 2.33. The maximum absolute atomic E-state index is 6.36. The zero-order chi connectivity index (χ0) is 22.5. The molecule has 0 aromatic carbocycles. The molecule has 30 heavy (non-hydrogen) atoms. The maximum Gasteiger partial charge on any atom is 0.0605 e. The van der Waals surface area contributed by atoms with Crippen LogP contribution in [0.15, 0.2) is 0 Å². The van der Waals surface area contributed by atoms with Crippen molar-refractivity contribution in [2.24, 2.45) is 35.5 Å². The second-order valence-electron chi connectivity index (χ2n) is 11.7. The van der Waals surface area contributed by atoms with Gasteiger partial charge in [-0.25, -0.2) is 0 Å². The van der Waals surface area contributed by atoms with Gasteiger partial charge in [0.25, 0.3) is 0 Å². The third kappa shape index (κ3) is 12.7. The number of ether oxygens (including phenoxy) is 2. The van der Waals surface area contributed by atoms with Crippen molar-refractivity contribution in [3.8, 4) is 0 Å². The van der Waals surface area contributed by atoms with Crippen LogP contribution in [0.3, 0.4) is 0 Å². The lowest BCUT2D eigenvalue weighted by atomic mass is 9.79. The average Bonchev–Trinajstić information content (AvgIpc) is 2.64. The smallest absolute Gasteiger partial charge is 0.0605 e. The van der Waals surface area contributed by atoms with Gasteiger partial charge in [0.1, 0.15) is 0 Å². The molecule has 0 heterocycles. The summed E-state index contributed by atoms with van der Waals surface area (Å²) in [5.41, 5.74) is 0. The van der Waals surface area contributed by atoms with Gasteiger partial charge < -0.3 is 9.47 Å². The lowest BCUT2D eigenvalue weighted by Gasteiger charge is -2.38.